The molecule has 25 heavy (non-hydrogen) atoms. The van der Waals surface area contributed by atoms with Crippen molar-refractivity contribution in [2.45, 2.75) is 27.2 Å². The molecule has 0 saturated heterocycles. The van der Waals surface area contributed by atoms with E-state index in [2.05, 4.69) is 4.98 Å². The maximum Gasteiger partial charge on any atom is 0.219 e. The molecule has 0 N–H and O–H groups in total. The molecule has 1 aromatic heterocycles. The lowest BCUT2D eigenvalue weighted by atomic mass is 10.0. The molecule has 130 valence electrons. The van der Waals surface area contributed by atoms with Gasteiger partial charge < -0.3 is 9.53 Å². The van der Waals surface area contributed by atoms with Gasteiger partial charge in [-0.15, -0.1) is 0 Å². The summed E-state index contributed by atoms with van der Waals surface area (Å²) in [4.78, 5) is 15.4. The Morgan fingerprint density at radius 2 is 2.00 bits per heavy atom. The van der Waals surface area contributed by atoms with Gasteiger partial charge in [0.05, 0.1) is 5.02 Å². The summed E-state index contributed by atoms with van der Waals surface area (Å²) in [6.07, 6.45) is 10.2. The molecule has 1 aromatic carbocycles. The van der Waals surface area contributed by atoms with E-state index in [4.69, 9.17) is 16.3 Å². The SMILES string of the molecule is C/C=C/c1ccc(Oc2ccc(/C=C/[C@H](C)CC(C)=O)cn2)c(Cl)c1. The van der Waals surface area contributed by atoms with Gasteiger partial charge in [-0.05, 0) is 49.1 Å². The van der Waals surface area contributed by atoms with Crippen LogP contribution < -0.4 is 4.74 Å². The number of rotatable bonds is 7. The first-order valence-electron chi connectivity index (χ1n) is 8.21. The molecule has 1 heterocycles. The average Bonchev–Trinajstić information content (AvgIpc) is 2.56. The molecular weight excluding hydrogens is 334 g/mol. The number of halogens is 1. The number of ketones is 1. The van der Waals surface area contributed by atoms with Crippen LogP contribution in [0.25, 0.3) is 12.2 Å². The van der Waals surface area contributed by atoms with Crippen LogP contribution in [0.4, 0.5) is 0 Å². The molecule has 0 saturated carbocycles. The minimum atomic E-state index is 0.191. The summed E-state index contributed by atoms with van der Waals surface area (Å²) in [5.41, 5.74) is 1.98. The Balaban J connectivity index is 2.03. The first kappa shape index (κ1) is 18.9. The normalized spacial score (nSPS) is 12.6. The lowest BCUT2D eigenvalue weighted by molar-refractivity contribution is -0.117. The molecular formula is C21H22ClNO2. The topological polar surface area (TPSA) is 39.2 Å². The number of ether oxygens (including phenoxy) is 1. The molecule has 2 aromatic rings. The van der Waals surface area contributed by atoms with Crippen LogP contribution in [0.3, 0.4) is 0 Å². The van der Waals surface area contributed by atoms with Crippen LogP contribution >= 0.6 is 11.6 Å². The highest BCUT2D eigenvalue weighted by Crippen LogP contribution is 2.29. The number of hydrogen-bond acceptors (Lipinski definition) is 3. The molecule has 0 bridgehead atoms. The van der Waals surface area contributed by atoms with Gasteiger partial charge in [-0.1, -0.05) is 48.9 Å². The second kappa shape index (κ2) is 9.19. The van der Waals surface area contributed by atoms with Gasteiger partial charge in [-0.2, -0.15) is 0 Å². The molecule has 2 rings (SSSR count). The molecule has 0 radical (unpaired) electrons. The average molecular weight is 356 g/mol. The van der Waals surface area contributed by atoms with Gasteiger partial charge in [-0.3, -0.25) is 0 Å². The van der Waals surface area contributed by atoms with Crippen LogP contribution in [0.5, 0.6) is 11.6 Å². The summed E-state index contributed by atoms with van der Waals surface area (Å²) in [7, 11) is 0. The number of hydrogen-bond donors (Lipinski definition) is 0. The van der Waals surface area contributed by atoms with Crippen LogP contribution in [0.15, 0.2) is 48.7 Å². The van der Waals surface area contributed by atoms with E-state index in [0.29, 0.717) is 23.1 Å². The summed E-state index contributed by atoms with van der Waals surface area (Å²) in [6, 6.07) is 9.34. The van der Waals surface area contributed by atoms with E-state index in [1.165, 1.54) is 0 Å². The van der Waals surface area contributed by atoms with Gasteiger partial charge in [0.25, 0.3) is 0 Å². The maximum atomic E-state index is 11.1. The van der Waals surface area contributed by atoms with Crippen molar-refractivity contribution in [2.75, 3.05) is 0 Å². The van der Waals surface area contributed by atoms with Gasteiger partial charge in [-0.25, -0.2) is 4.98 Å². The van der Waals surface area contributed by atoms with E-state index in [-0.39, 0.29) is 11.7 Å². The second-order valence-electron chi connectivity index (χ2n) is 5.96. The minimum absolute atomic E-state index is 0.191. The molecule has 0 aliphatic heterocycles. The predicted octanol–water partition coefficient (Wildman–Crippen LogP) is 6.19. The number of Topliss-reactive ketones (excluding diaryl/α,β-unsaturated/α-hetero) is 1. The number of nitrogens with zero attached hydrogens (tertiary/aromatic N) is 1. The largest absolute Gasteiger partial charge is 0.437 e. The number of benzene rings is 1. The van der Waals surface area contributed by atoms with Crippen LogP contribution in [-0.4, -0.2) is 10.8 Å². The zero-order chi connectivity index (χ0) is 18.2. The Hall–Kier alpha value is -2.39. The molecule has 0 fully saturated rings. The number of aromatic nitrogens is 1. The zero-order valence-electron chi connectivity index (χ0n) is 14.7. The van der Waals surface area contributed by atoms with Crippen LogP contribution in [-0.2, 0) is 4.79 Å². The predicted molar refractivity (Wildman–Crippen MR) is 104 cm³/mol. The van der Waals surface area contributed by atoms with Crippen molar-refractivity contribution in [2.24, 2.45) is 5.92 Å². The lowest BCUT2D eigenvalue weighted by Gasteiger charge is -2.07. The van der Waals surface area contributed by atoms with Gasteiger partial charge >= 0.3 is 0 Å². The molecule has 1 atom stereocenters. The van der Waals surface area contributed by atoms with E-state index >= 15 is 0 Å². The highest BCUT2D eigenvalue weighted by atomic mass is 35.5. The first-order chi connectivity index (χ1) is 12.0. The third-order valence-corrected chi connectivity index (χ3v) is 3.81. The summed E-state index contributed by atoms with van der Waals surface area (Å²) >= 11 is 6.25. The standard InChI is InChI=1S/C21H22ClNO2/c1-4-5-17-8-10-20(19(22)13-17)25-21-11-9-18(14-23-21)7-6-15(2)12-16(3)24/h4-11,13-15H,12H2,1-3H3/b5-4+,7-6+/t15-/m0/s1. The fourth-order valence-corrected chi connectivity index (χ4v) is 2.58. The van der Waals surface area contributed by atoms with Crippen molar-refractivity contribution in [1.29, 1.82) is 0 Å². The van der Waals surface area contributed by atoms with Gasteiger partial charge in [0.15, 0.2) is 0 Å². The summed E-state index contributed by atoms with van der Waals surface area (Å²) in [5, 5.41) is 0.541. The fraction of sp³-hybridized carbons (Fsp3) is 0.238. The number of carbonyl (C=O) groups is 1. The Kier molecular flexibility index (Phi) is 6.96. The Morgan fingerprint density at radius 1 is 1.24 bits per heavy atom. The lowest BCUT2D eigenvalue weighted by Crippen LogP contribution is -1.97. The zero-order valence-corrected chi connectivity index (χ0v) is 15.5. The number of pyridine rings is 1. The highest BCUT2D eigenvalue weighted by molar-refractivity contribution is 6.32. The molecule has 0 aliphatic rings. The summed E-state index contributed by atoms with van der Waals surface area (Å²) in [5.74, 6) is 1.45. The van der Waals surface area contributed by atoms with Crippen molar-refractivity contribution in [1.82, 2.24) is 4.98 Å². The maximum absolute atomic E-state index is 11.1. The highest BCUT2D eigenvalue weighted by Gasteiger charge is 2.05. The van der Waals surface area contributed by atoms with E-state index in [9.17, 15) is 4.79 Å². The van der Waals surface area contributed by atoms with Crippen molar-refractivity contribution in [3.05, 3.63) is 64.8 Å². The van der Waals surface area contributed by atoms with Crippen LogP contribution in [0.2, 0.25) is 5.02 Å². The summed E-state index contributed by atoms with van der Waals surface area (Å²) in [6.45, 7) is 5.58. The van der Waals surface area contributed by atoms with Crippen molar-refractivity contribution >= 4 is 29.5 Å². The van der Waals surface area contributed by atoms with E-state index in [1.54, 1.807) is 19.2 Å². The summed E-state index contributed by atoms with van der Waals surface area (Å²) < 4.78 is 5.74. The molecule has 0 amide bonds. The molecule has 3 nitrogen and oxygen atoms in total. The van der Waals surface area contributed by atoms with Crippen molar-refractivity contribution in [3.8, 4) is 11.6 Å². The quantitative estimate of drug-likeness (QED) is 0.594. The van der Waals surface area contributed by atoms with Gasteiger partial charge in [0.1, 0.15) is 11.5 Å². The monoisotopic (exact) mass is 355 g/mol. The van der Waals surface area contributed by atoms with Crippen molar-refractivity contribution < 1.29 is 9.53 Å². The van der Waals surface area contributed by atoms with Gasteiger partial charge in [0.2, 0.25) is 5.88 Å². The number of allylic oxidation sites excluding steroid dienone is 2. The third kappa shape index (κ3) is 6.20. The molecule has 0 spiro atoms. The van der Waals surface area contributed by atoms with E-state index in [1.807, 2.05) is 62.4 Å². The minimum Gasteiger partial charge on any atom is -0.437 e. The first-order valence-corrected chi connectivity index (χ1v) is 8.59. The smallest absolute Gasteiger partial charge is 0.219 e. The van der Waals surface area contributed by atoms with Crippen LogP contribution in [0.1, 0.15) is 38.3 Å². The van der Waals surface area contributed by atoms with Crippen LogP contribution in [0, 0.1) is 5.92 Å². The van der Waals surface area contributed by atoms with E-state index < -0.39 is 0 Å². The van der Waals surface area contributed by atoms with E-state index in [0.717, 1.165) is 11.1 Å². The third-order valence-electron chi connectivity index (χ3n) is 3.52. The molecule has 0 aliphatic carbocycles. The second-order valence-corrected chi connectivity index (χ2v) is 6.37. The fourth-order valence-electron chi connectivity index (χ4n) is 2.36. The van der Waals surface area contributed by atoms with Gasteiger partial charge in [0, 0.05) is 18.7 Å². The van der Waals surface area contributed by atoms with Crippen molar-refractivity contribution in [3.63, 3.8) is 0 Å². The Morgan fingerprint density at radius 3 is 2.60 bits per heavy atom. The molecule has 4 heteroatoms. The Bertz CT molecular complexity index is 779. The molecule has 0 unspecified atom stereocenters. The Labute approximate surface area is 154 Å². The number of carbonyl (C=O) groups excluding carboxylic acids is 1.